The largest absolute Gasteiger partial charge is 0.494 e. The topological polar surface area (TPSA) is 101 Å². The summed E-state index contributed by atoms with van der Waals surface area (Å²) in [5, 5.41) is 9.98. The summed E-state index contributed by atoms with van der Waals surface area (Å²) in [7, 11) is 0. The Labute approximate surface area is 192 Å². The molecule has 4 rings (SSSR count). The molecule has 8 nitrogen and oxygen atoms in total. The molecular weight excluding hydrogens is 420 g/mol. The van der Waals surface area contributed by atoms with Gasteiger partial charge in [0, 0.05) is 18.4 Å². The van der Waals surface area contributed by atoms with Gasteiger partial charge in [0.2, 0.25) is 5.91 Å². The average Bonchev–Trinajstić information content (AvgIpc) is 3.33. The number of aromatic amines is 1. The first-order valence-corrected chi connectivity index (χ1v) is 11.0. The Morgan fingerprint density at radius 2 is 1.82 bits per heavy atom. The number of hydrazone groups is 1. The van der Waals surface area contributed by atoms with E-state index >= 15 is 0 Å². The van der Waals surface area contributed by atoms with Gasteiger partial charge in [-0.2, -0.15) is 5.10 Å². The highest BCUT2D eigenvalue weighted by atomic mass is 16.5. The molecule has 0 bridgehead atoms. The summed E-state index contributed by atoms with van der Waals surface area (Å²) in [6.07, 6.45) is 1.66. The highest BCUT2D eigenvalue weighted by Crippen LogP contribution is 2.31. The monoisotopic (exact) mass is 448 g/mol. The first-order chi connectivity index (χ1) is 15.7. The van der Waals surface area contributed by atoms with Crippen LogP contribution in [0.15, 0.2) is 56.9 Å². The summed E-state index contributed by atoms with van der Waals surface area (Å²) in [5.41, 5.74) is 4.77. The van der Waals surface area contributed by atoms with Gasteiger partial charge in [-0.25, -0.2) is 9.80 Å². The minimum absolute atomic E-state index is 0.00619. The number of hydrogen-bond donors (Lipinski definition) is 1. The molecule has 33 heavy (non-hydrogen) atoms. The molecule has 0 saturated carbocycles. The van der Waals surface area contributed by atoms with Gasteiger partial charge in [0.1, 0.15) is 5.75 Å². The molecule has 1 N–H and O–H groups in total. The molecular formula is C25H28N4O4. The van der Waals surface area contributed by atoms with E-state index in [-0.39, 0.29) is 11.4 Å². The molecule has 1 amide bonds. The predicted octanol–water partition coefficient (Wildman–Crippen LogP) is 4.22. The zero-order chi connectivity index (χ0) is 23.6. The molecule has 0 fully saturated rings. The van der Waals surface area contributed by atoms with Crippen LogP contribution in [-0.4, -0.2) is 38.9 Å². The fourth-order valence-electron chi connectivity index (χ4n) is 4.05. The summed E-state index contributed by atoms with van der Waals surface area (Å²) < 4.78 is 10.3. The van der Waals surface area contributed by atoms with Crippen molar-refractivity contribution in [2.24, 2.45) is 5.10 Å². The number of aromatic nitrogens is 2. The van der Waals surface area contributed by atoms with Crippen LogP contribution in [-0.2, 0) is 4.79 Å². The number of carbonyl (C=O) groups excluding carboxylic acids is 1. The fraction of sp³-hybridized carbons (Fsp3) is 0.360. The Hall–Kier alpha value is -3.68. The van der Waals surface area contributed by atoms with Crippen molar-refractivity contribution in [3.8, 4) is 17.1 Å². The van der Waals surface area contributed by atoms with E-state index in [1.807, 2.05) is 13.8 Å². The third-order valence-corrected chi connectivity index (χ3v) is 5.56. The van der Waals surface area contributed by atoms with Crippen molar-refractivity contribution in [1.29, 1.82) is 0 Å². The van der Waals surface area contributed by atoms with Gasteiger partial charge in [-0.1, -0.05) is 34.5 Å². The number of rotatable bonds is 7. The number of carbonyl (C=O) groups is 1. The number of nitrogens with one attached hydrogen (secondary N) is 1. The first kappa shape index (κ1) is 22.5. The molecule has 0 spiro atoms. The Bertz CT molecular complexity index is 1220. The second-order valence-electron chi connectivity index (χ2n) is 9.04. The fourth-order valence-corrected chi connectivity index (χ4v) is 4.05. The lowest BCUT2D eigenvalue weighted by atomic mass is 9.93. The van der Waals surface area contributed by atoms with Gasteiger partial charge in [0.05, 0.1) is 17.9 Å². The van der Waals surface area contributed by atoms with Gasteiger partial charge in [-0.05, 0) is 63.9 Å². The van der Waals surface area contributed by atoms with Gasteiger partial charge in [-0.15, -0.1) is 0 Å². The number of ether oxygens (including phenoxy) is 1. The summed E-state index contributed by atoms with van der Waals surface area (Å²) in [5.74, 6) is 0.440. The summed E-state index contributed by atoms with van der Waals surface area (Å²) in [6, 6.07) is 13.5. The van der Waals surface area contributed by atoms with E-state index < -0.39 is 5.76 Å². The van der Waals surface area contributed by atoms with E-state index in [0.717, 1.165) is 23.3 Å². The first-order valence-electron chi connectivity index (χ1n) is 11.0. The molecule has 0 atom stereocenters. The summed E-state index contributed by atoms with van der Waals surface area (Å²) in [6.45, 7) is 8.65. The number of benzene rings is 2. The summed E-state index contributed by atoms with van der Waals surface area (Å²) in [4.78, 5) is 26.5. The molecule has 1 aliphatic heterocycles. The van der Waals surface area contributed by atoms with Gasteiger partial charge >= 0.3 is 5.76 Å². The molecule has 8 heteroatoms. The second-order valence-corrected chi connectivity index (χ2v) is 9.04. The molecule has 1 aliphatic rings. The predicted molar refractivity (Wildman–Crippen MR) is 125 cm³/mol. The molecule has 0 aliphatic carbocycles. The van der Waals surface area contributed by atoms with Gasteiger partial charge in [-0.3, -0.25) is 14.3 Å². The van der Waals surface area contributed by atoms with Crippen molar-refractivity contribution < 1.29 is 14.1 Å². The zero-order valence-corrected chi connectivity index (χ0v) is 19.3. The molecule has 0 radical (unpaired) electrons. The Balaban J connectivity index is 1.31. The zero-order valence-electron chi connectivity index (χ0n) is 19.3. The van der Waals surface area contributed by atoms with Crippen molar-refractivity contribution in [1.82, 2.24) is 15.1 Å². The Morgan fingerprint density at radius 3 is 2.45 bits per heavy atom. The third kappa shape index (κ3) is 5.22. The van der Waals surface area contributed by atoms with Crippen LogP contribution in [0.3, 0.4) is 0 Å². The molecule has 0 unspecified atom stereocenters. The standard InChI is InChI=1S/C25H28N4O4/c1-16-12-17(2)14-19(13-16)21-15-25(3,4)29(27-21)22(30)6-5-11-32-20-9-7-18(8-10-20)23-26-24(31)33-28-23/h7-10,12-14H,5-6,11,15H2,1-4H3,(H,26,28,31). The lowest BCUT2D eigenvalue weighted by molar-refractivity contribution is -0.135. The van der Waals surface area contributed by atoms with Crippen molar-refractivity contribution in [2.45, 2.75) is 52.5 Å². The van der Waals surface area contributed by atoms with E-state index in [4.69, 9.17) is 9.84 Å². The van der Waals surface area contributed by atoms with Gasteiger partial charge < -0.3 is 4.74 Å². The molecule has 3 aromatic rings. The molecule has 0 saturated heterocycles. The molecule has 1 aromatic heterocycles. The quantitative estimate of drug-likeness (QED) is 0.546. The van der Waals surface area contributed by atoms with E-state index in [0.29, 0.717) is 31.0 Å². The number of amides is 1. The third-order valence-electron chi connectivity index (χ3n) is 5.56. The van der Waals surface area contributed by atoms with Crippen molar-refractivity contribution in [3.63, 3.8) is 0 Å². The average molecular weight is 449 g/mol. The van der Waals surface area contributed by atoms with Crippen molar-refractivity contribution in [2.75, 3.05) is 6.61 Å². The Kier molecular flexibility index (Phi) is 6.18. The Morgan fingerprint density at radius 1 is 1.12 bits per heavy atom. The van der Waals surface area contributed by atoms with Crippen LogP contribution in [0, 0.1) is 13.8 Å². The van der Waals surface area contributed by atoms with E-state index in [2.05, 4.69) is 46.7 Å². The number of hydrogen-bond acceptors (Lipinski definition) is 6. The second kappa shape index (κ2) is 9.05. The van der Waals surface area contributed by atoms with Crippen molar-refractivity contribution in [3.05, 3.63) is 69.7 Å². The van der Waals surface area contributed by atoms with Crippen molar-refractivity contribution >= 4 is 11.6 Å². The van der Waals surface area contributed by atoms with Crippen LogP contribution in [0.2, 0.25) is 0 Å². The van der Waals surface area contributed by atoms with Crippen LogP contribution in [0.1, 0.15) is 49.8 Å². The minimum Gasteiger partial charge on any atom is -0.494 e. The van der Waals surface area contributed by atoms with Crippen LogP contribution >= 0.6 is 0 Å². The SMILES string of the molecule is Cc1cc(C)cc(C2=NN(C(=O)CCCOc3ccc(-c4noc(=O)[nH]4)cc3)C(C)(C)C2)c1. The smallest absolute Gasteiger partial charge is 0.439 e. The maximum atomic E-state index is 12.9. The molecule has 172 valence electrons. The van der Waals surface area contributed by atoms with Gasteiger partial charge in [0.25, 0.3) is 0 Å². The minimum atomic E-state index is -0.596. The van der Waals surface area contributed by atoms with Gasteiger partial charge in [0.15, 0.2) is 5.82 Å². The maximum Gasteiger partial charge on any atom is 0.439 e. The lowest BCUT2D eigenvalue weighted by Crippen LogP contribution is -2.40. The molecule has 2 aromatic carbocycles. The normalized spacial score (nSPS) is 14.9. The lowest BCUT2D eigenvalue weighted by Gasteiger charge is -2.28. The molecule has 2 heterocycles. The highest BCUT2D eigenvalue weighted by Gasteiger charge is 2.38. The summed E-state index contributed by atoms with van der Waals surface area (Å²) >= 11 is 0. The van der Waals surface area contributed by atoms with E-state index in [9.17, 15) is 9.59 Å². The van der Waals surface area contributed by atoms with Crippen LogP contribution < -0.4 is 10.5 Å². The van der Waals surface area contributed by atoms with E-state index in [1.165, 1.54) is 11.1 Å². The van der Waals surface area contributed by atoms with E-state index in [1.54, 1.807) is 29.3 Å². The number of aryl methyl sites for hydroxylation is 2. The number of H-pyrrole nitrogens is 1. The van der Waals surface area contributed by atoms with Crippen LogP contribution in [0.25, 0.3) is 11.4 Å². The highest BCUT2D eigenvalue weighted by molar-refractivity contribution is 6.03. The van der Waals surface area contributed by atoms with Crippen LogP contribution in [0.4, 0.5) is 0 Å². The number of nitrogens with zero attached hydrogens (tertiary/aromatic N) is 3. The van der Waals surface area contributed by atoms with Crippen LogP contribution in [0.5, 0.6) is 5.75 Å². The maximum absolute atomic E-state index is 12.9.